The second-order valence-corrected chi connectivity index (χ2v) is 7.68. The van der Waals surface area contributed by atoms with Crippen LogP contribution in [0, 0.1) is 11.7 Å². The molecule has 2 aromatic rings. The summed E-state index contributed by atoms with van der Waals surface area (Å²) in [6, 6.07) is 14.7. The van der Waals surface area contributed by atoms with Crippen LogP contribution in [0.15, 0.2) is 54.6 Å². The largest absolute Gasteiger partial charge is 0.354 e. The van der Waals surface area contributed by atoms with Crippen LogP contribution in [0.5, 0.6) is 0 Å². The quantitative estimate of drug-likeness (QED) is 0.621. The number of halogens is 1. The predicted molar refractivity (Wildman–Crippen MR) is 114 cm³/mol. The summed E-state index contributed by atoms with van der Waals surface area (Å²) in [5.74, 6) is -0.137. The first kappa shape index (κ1) is 22.6. The second kappa shape index (κ2) is 11.3. The van der Waals surface area contributed by atoms with E-state index in [9.17, 15) is 14.0 Å². The first-order valence-electron chi connectivity index (χ1n) is 10.3. The van der Waals surface area contributed by atoms with Gasteiger partial charge in [-0.3, -0.25) is 9.59 Å². The van der Waals surface area contributed by atoms with Crippen molar-refractivity contribution < 1.29 is 14.0 Å². The molecule has 0 fully saturated rings. The van der Waals surface area contributed by atoms with Crippen molar-refractivity contribution in [2.45, 2.75) is 52.6 Å². The Labute approximate surface area is 173 Å². The molecule has 0 spiro atoms. The van der Waals surface area contributed by atoms with Gasteiger partial charge in [0, 0.05) is 19.5 Å². The van der Waals surface area contributed by atoms with Crippen molar-refractivity contribution >= 4 is 11.8 Å². The third-order valence-electron chi connectivity index (χ3n) is 4.75. The number of carbonyl (C=O) groups is 2. The summed E-state index contributed by atoms with van der Waals surface area (Å²) < 4.78 is 13.3. The molecular formula is C24H31FN2O2. The molecular weight excluding hydrogens is 367 g/mol. The zero-order chi connectivity index (χ0) is 21.2. The lowest BCUT2D eigenvalue weighted by Gasteiger charge is -2.32. The molecule has 0 saturated carbocycles. The van der Waals surface area contributed by atoms with Gasteiger partial charge in [-0.1, -0.05) is 63.2 Å². The van der Waals surface area contributed by atoms with Crippen molar-refractivity contribution in [3.8, 4) is 0 Å². The van der Waals surface area contributed by atoms with Gasteiger partial charge in [0.2, 0.25) is 11.8 Å². The van der Waals surface area contributed by atoms with Crippen LogP contribution in [-0.4, -0.2) is 23.3 Å². The fourth-order valence-electron chi connectivity index (χ4n) is 3.16. The van der Waals surface area contributed by atoms with E-state index in [1.807, 2.05) is 37.3 Å². The van der Waals surface area contributed by atoms with Crippen LogP contribution >= 0.6 is 0 Å². The zero-order valence-corrected chi connectivity index (χ0v) is 17.5. The summed E-state index contributed by atoms with van der Waals surface area (Å²) in [7, 11) is 0. The molecule has 29 heavy (non-hydrogen) atoms. The fourth-order valence-corrected chi connectivity index (χ4v) is 3.16. The van der Waals surface area contributed by atoms with Crippen LogP contribution in [0.25, 0.3) is 0 Å². The molecule has 0 saturated heterocycles. The van der Waals surface area contributed by atoms with Crippen molar-refractivity contribution in [1.82, 2.24) is 10.2 Å². The van der Waals surface area contributed by atoms with Crippen molar-refractivity contribution in [2.24, 2.45) is 5.92 Å². The van der Waals surface area contributed by atoms with Gasteiger partial charge < -0.3 is 10.2 Å². The smallest absolute Gasteiger partial charge is 0.247 e. The maximum atomic E-state index is 13.3. The van der Waals surface area contributed by atoms with Crippen LogP contribution in [-0.2, 0) is 16.1 Å². The van der Waals surface area contributed by atoms with Crippen molar-refractivity contribution in [1.29, 1.82) is 0 Å². The highest BCUT2D eigenvalue weighted by atomic mass is 19.1. The maximum Gasteiger partial charge on any atom is 0.247 e. The minimum atomic E-state index is -0.729. The molecule has 2 aromatic carbocycles. The highest BCUT2D eigenvalue weighted by molar-refractivity contribution is 5.88. The Hall–Kier alpha value is -2.69. The van der Waals surface area contributed by atoms with E-state index in [0.717, 1.165) is 17.5 Å². The summed E-state index contributed by atoms with van der Waals surface area (Å²) in [5.41, 5.74) is 1.55. The average molecular weight is 399 g/mol. The lowest BCUT2D eigenvalue weighted by Crippen LogP contribution is -2.43. The van der Waals surface area contributed by atoms with Crippen LogP contribution in [0.3, 0.4) is 0 Å². The average Bonchev–Trinajstić information content (AvgIpc) is 2.69. The van der Waals surface area contributed by atoms with Crippen LogP contribution in [0.4, 0.5) is 4.39 Å². The van der Waals surface area contributed by atoms with E-state index >= 15 is 0 Å². The molecule has 1 N–H and O–H groups in total. The Balaban J connectivity index is 2.35. The SMILES string of the molecule is CCCC(=O)N(Cc1ccc(F)cc1)C(C(=O)NCCC(C)C)c1ccccc1. The summed E-state index contributed by atoms with van der Waals surface area (Å²) in [6.45, 7) is 6.95. The highest BCUT2D eigenvalue weighted by Gasteiger charge is 2.30. The number of amides is 2. The third kappa shape index (κ3) is 7.00. The van der Waals surface area contributed by atoms with E-state index in [2.05, 4.69) is 19.2 Å². The Morgan fingerprint density at radius 1 is 1.03 bits per heavy atom. The monoisotopic (exact) mass is 398 g/mol. The number of hydrogen-bond donors (Lipinski definition) is 1. The molecule has 0 aliphatic heterocycles. The number of hydrogen-bond acceptors (Lipinski definition) is 2. The summed E-state index contributed by atoms with van der Waals surface area (Å²) in [4.78, 5) is 27.8. The zero-order valence-electron chi connectivity index (χ0n) is 17.5. The van der Waals surface area contributed by atoms with Gasteiger partial charge in [0.25, 0.3) is 0 Å². The number of nitrogens with one attached hydrogen (secondary N) is 1. The molecule has 156 valence electrons. The highest BCUT2D eigenvalue weighted by Crippen LogP contribution is 2.25. The Kier molecular flexibility index (Phi) is 8.84. The molecule has 2 rings (SSSR count). The molecule has 1 unspecified atom stereocenters. The molecule has 0 heterocycles. The van der Waals surface area contributed by atoms with E-state index in [1.165, 1.54) is 12.1 Å². The van der Waals surface area contributed by atoms with E-state index in [1.54, 1.807) is 17.0 Å². The molecule has 0 aliphatic rings. The number of carbonyl (C=O) groups excluding carboxylic acids is 2. The standard InChI is InChI=1S/C24H31FN2O2/c1-4-8-22(28)27(17-19-11-13-21(25)14-12-19)23(20-9-6-5-7-10-20)24(29)26-16-15-18(2)3/h5-7,9-14,18,23H,4,8,15-17H2,1-3H3,(H,26,29). The van der Waals surface area contributed by atoms with Crippen molar-refractivity contribution in [3.05, 3.63) is 71.5 Å². The predicted octanol–water partition coefficient (Wildman–Crippen LogP) is 4.86. The first-order valence-corrected chi connectivity index (χ1v) is 10.3. The van der Waals surface area contributed by atoms with Gasteiger partial charge in [-0.05, 0) is 42.0 Å². The van der Waals surface area contributed by atoms with Gasteiger partial charge in [-0.2, -0.15) is 0 Å². The first-order chi connectivity index (χ1) is 13.9. The molecule has 2 amide bonds. The normalized spacial score (nSPS) is 11.9. The molecule has 0 aliphatic carbocycles. The van der Waals surface area contributed by atoms with E-state index < -0.39 is 6.04 Å². The Morgan fingerprint density at radius 3 is 2.28 bits per heavy atom. The number of rotatable bonds is 10. The van der Waals surface area contributed by atoms with Gasteiger partial charge in [0.1, 0.15) is 11.9 Å². The number of nitrogens with zero attached hydrogens (tertiary/aromatic N) is 1. The second-order valence-electron chi connectivity index (χ2n) is 7.68. The van der Waals surface area contributed by atoms with Crippen LogP contribution in [0.2, 0.25) is 0 Å². The van der Waals surface area contributed by atoms with Crippen molar-refractivity contribution in [2.75, 3.05) is 6.54 Å². The van der Waals surface area contributed by atoms with Crippen molar-refractivity contribution in [3.63, 3.8) is 0 Å². The summed E-state index contributed by atoms with van der Waals surface area (Å²) in [5, 5.41) is 2.99. The minimum absolute atomic E-state index is 0.0929. The maximum absolute atomic E-state index is 13.3. The van der Waals surface area contributed by atoms with E-state index in [4.69, 9.17) is 0 Å². The van der Waals surface area contributed by atoms with Gasteiger partial charge in [-0.15, -0.1) is 0 Å². The molecule has 0 aromatic heterocycles. The van der Waals surface area contributed by atoms with Gasteiger partial charge >= 0.3 is 0 Å². The number of benzene rings is 2. The van der Waals surface area contributed by atoms with Crippen LogP contribution < -0.4 is 5.32 Å². The fraction of sp³-hybridized carbons (Fsp3) is 0.417. The Morgan fingerprint density at radius 2 is 1.69 bits per heavy atom. The molecule has 4 nitrogen and oxygen atoms in total. The van der Waals surface area contributed by atoms with Gasteiger partial charge in [0.05, 0.1) is 0 Å². The third-order valence-corrected chi connectivity index (χ3v) is 4.75. The molecule has 1 atom stereocenters. The summed E-state index contributed by atoms with van der Waals surface area (Å²) in [6.07, 6.45) is 1.91. The Bertz CT molecular complexity index is 775. The molecule has 0 radical (unpaired) electrons. The lowest BCUT2D eigenvalue weighted by atomic mass is 10.0. The van der Waals surface area contributed by atoms with E-state index in [-0.39, 0.29) is 24.2 Å². The summed E-state index contributed by atoms with van der Waals surface area (Å²) >= 11 is 0. The van der Waals surface area contributed by atoms with E-state index in [0.29, 0.717) is 25.3 Å². The lowest BCUT2D eigenvalue weighted by molar-refractivity contribution is -0.141. The van der Waals surface area contributed by atoms with Gasteiger partial charge in [0.15, 0.2) is 0 Å². The minimum Gasteiger partial charge on any atom is -0.354 e. The topological polar surface area (TPSA) is 49.4 Å². The van der Waals surface area contributed by atoms with Gasteiger partial charge in [-0.25, -0.2) is 4.39 Å². The molecule has 0 bridgehead atoms. The molecule has 5 heteroatoms. The van der Waals surface area contributed by atoms with Crippen LogP contribution in [0.1, 0.15) is 57.2 Å².